The fourth-order valence-corrected chi connectivity index (χ4v) is 1.91. The summed E-state index contributed by atoms with van der Waals surface area (Å²) in [6.45, 7) is 0. The normalized spacial score (nSPS) is 9.54. The Kier molecular flexibility index (Phi) is 25.5. The summed E-state index contributed by atoms with van der Waals surface area (Å²) in [5.41, 5.74) is 0. The van der Waals surface area contributed by atoms with Gasteiger partial charge < -0.3 is 28.7 Å². The van der Waals surface area contributed by atoms with Gasteiger partial charge in [-0.15, -0.1) is 0 Å². The summed E-state index contributed by atoms with van der Waals surface area (Å²) in [7, 11) is -10.4. The van der Waals surface area contributed by atoms with E-state index in [0.29, 0.717) is 0 Å². The molecule has 56 valence electrons. The van der Waals surface area contributed by atoms with Crippen molar-refractivity contribution in [2.45, 2.75) is 0 Å². The van der Waals surface area contributed by atoms with E-state index in [9.17, 15) is 28.7 Å². The summed E-state index contributed by atoms with van der Waals surface area (Å²) in [6, 6.07) is 0. The molecule has 0 aliphatic carbocycles. The molecule has 12 heteroatoms. The molecule has 0 radical (unpaired) electrons. The van der Waals surface area contributed by atoms with Crippen molar-refractivity contribution in [2.24, 2.45) is 0 Å². The van der Waals surface area contributed by atoms with Crippen LogP contribution < -0.4 is 95.0 Å². The summed E-state index contributed by atoms with van der Waals surface area (Å²) in [4.78, 5) is 38.2. The summed E-state index contributed by atoms with van der Waals surface area (Å²) >= 11 is 0. The van der Waals surface area contributed by atoms with Gasteiger partial charge in [0.05, 0.1) is 0 Å². The second kappa shape index (κ2) is 11.2. The quantitative estimate of drug-likeness (QED) is 0.321. The van der Waals surface area contributed by atoms with E-state index >= 15 is 0 Å². The zero-order valence-corrected chi connectivity index (χ0v) is 9.84. The number of rotatable bonds is 2. The summed E-state index contributed by atoms with van der Waals surface area (Å²) < 4.78 is 19.1. The van der Waals surface area contributed by atoms with Gasteiger partial charge in [0.2, 0.25) is 0 Å². The van der Waals surface area contributed by atoms with E-state index in [0.717, 1.165) is 0 Å². The fraction of sp³-hybridized carbons (Fsp3) is 1.00. The van der Waals surface area contributed by atoms with Gasteiger partial charge in [0, 0.05) is 5.90 Å². The van der Waals surface area contributed by atoms with E-state index in [1.807, 2.05) is 0 Å². The van der Waals surface area contributed by atoms with Crippen molar-refractivity contribution in [3.8, 4) is 0 Å². The maximum atomic E-state index is 9.55. The molecule has 0 atom stereocenters. The molecule has 13 heavy (non-hydrogen) atoms. The third-order valence-corrected chi connectivity index (χ3v) is 3.12. The molecule has 0 aromatic carbocycles. The minimum absolute atomic E-state index is 0. The molecule has 0 aliphatic heterocycles. The molecule has 0 spiro atoms. The third kappa shape index (κ3) is 31.3. The topological polar surface area (TPSA) is 126 Å². The largest absolute Gasteiger partial charge is 1.00 e. The van der Waals surface area contributed by atoms with Crippen molar-refractivity contribution >= 4 is 15.2 Å². The molecule has 0 heterocycles. The average Bonchev–Trinajstić information content (AvgIpc) is 1.14. The van der Waals surface area contributed by atoms with Crippen molar-refractivity contribution in [2.75, 3.05) is 5.90 Å². The Morgan fingerprint density at radius 1 is 0.692 bits per heavy atom. The average molecular weight is 200 g/mol. The monoisotopic (exact) mass is 200 g/mol. The van der Waals surface area contributed by atoms with Crippen LogP contribution >= 0.6 is 15.2 Å². The standard InChI is InChI=1S/CH6O6P2.4Li/c2-8(3,4)1-9(5,6)7;;;;/h1H2,(H2,2,3,4)(H2,5,6,7);;;;/q;4*+1/p-4. The molecule has 0 fully saturated rings. The van der Waals surface area contributed by atoms with Crippen LogP contribution in [0, 0.1) is 0 Å². The second-order valence-electron chi connectivity index (χ2n) is 1.36. The van der Waals surface area contributed by atoms with E-state index < -0.39 is 21.1 Å². The Labute approximate surface area is 124 Å². The van der Waals surface area contributed by atoms with E-state index in [-0.39, 0.29) is 75.4 Å². The van der Waals surface area contributed by atoms with Crippen LogP contribution in [-0.2, 0) is 9.13 Å². The van der Waals surface area contributed by atoms with Gasteiger partial charge in [-0.25, -0.2) is 0 Å². The van der Waals surface area contributed by atoms with Crippen LogP contribution in [0.15, 0.2) is 0 Å². The molecular formula is CH2Li4O6P2. The van der Waals surface area contributed by atoms with Crippen molar-refractivity contribution < 1.29 is 104 Å². The first-order chi connectivity index (χ1) is 3.71. The molecule has 0 N–H and O–H groups in total. The minimum atomic E-state index is -5.18. The first-order valence-electron chi connectivity index (χ1n) is 1.73. The Morgan fingerprint density at radius 2 is 0.846 bits per heavy atom. The Bertz CT molecular complexity index is 163. The van der Waals surface area contributed by atoms with Gasteiger partial charge in [-0.3, -0.25) is 0 Å². The van der Waals surface area contributed by atoms with Crippen LogP contribution in [-0.4, -0.2) is 5.90 Å². The first-order valence-corrected chi connectivity index (χ1v) is 5.18. The van der Waals surface area contributed by atoms with Gasteiger partial charge in [0.1, 0.15) is 0 Å². The van der Waals surface area contributed by atoms with E-state index in [2.05, 4.69) is 0 Å². The van der Waals surface area contributed by atoms with Gasteiger partial charge in [-0.1, -0.05) is 15.2 Å². The van der Waals surface area contributed by atoms with Gasteiger partial charge in [-0.05, 0) is 0 Å². The maximum absolute atomic E-state index is 9.55. The predicted octanol–water partition coefficient (Wildman–Crippen LogP) is -15.2. The maximum Gasteiger partial charge on any atom is 1.00 e. The van der Waals surface area contributed by atoms with Crippen LogP contribution in [0.25, 0.3) is 0 Å². The van der Waals surface area contributed by atoms with Gasteiger partial charge in [0.25, 0.3) is 0 Å². The summed E-state index contributed by atoms with van der Waals surface area (Å²) in [6.07, 6.45) is 0. The Morgan fingerprint density at radius 3 is 0.846 bits per heavy atom. The number of hydrogen-bond donors (Lipinski definition) is 0. The van der Waals surface area contributed by atoms with Crippen LogP contribution in [0.2, 0.25) is 0 Å². The summed E-state index contributed by atoms with van der Waals surface area (Å²) in [5, 5.41) is 0. The van der Waals surface area contributed by atoms with Crippen molar-refractivity contribution in [1.82, 2.24) is 0 Å². The smallest absolute Gasteiger partial charge is 0.810 e. The van der Waals surface area contributed by atoms with Gasteiger partial charge in [-0.2, -0.15) is 0 Å². The van der Waals surface area contributed by atoms with Crippen molar-refractivity contribution in [3.63, 3.8) is 0 Å². The number of hydrogen-bond acceptors (Lipinski definition) is 6. The van der Waals surface area contributed by atoms with E-state index in [1.165, 1.54) is 0 Å². The SMILES string of the molecule is O=P([O-])([O-])CP(=O)([O-])[O-].[Li+].[Li+].[Li+].[Li+]. The van der Waals surface area contributed by atoms with Crippen LogP contribution in [0.3, 0.4) is 0 Å². The zero-order chi connectivity index (χ0) is 7.71. The Hall–Kier alpha value is 2.69. The molecule has 0 aliphatic rings. The Balaban J connectivity index is -0.0000000533. The molecular weight excluding hydrogens is 198 g/mol. The zero-order valence-electron chi connectivity index (χ0n) is 8.05. The predicted molar refractivity (Wildman–Crippen MR) is 20.1 cm³/mol. The fourth-order valence-electron chi connectivity index (χ4n) is 0.212. The van der Waals surface area contributed by atoms with Crippen molar-refractivity contribution in [1.29, 1.82) is 0 Å². The summed E-state index contributed by atoms with van der Waals surface area (Å²) in [5.74, 6) is -1.82. The molecule has 0 aromatic heterocycles. The van der Waals surface area contributed by atoms with Gasteiger partial charge >= 0.3 is 75.4 Å². The second-order valence-corrected chi connectivity index (χ2v) is 4.94. The molecule has 0 bridgehead atoms. The molecule has 6 nitrogen and oxygen atoms in total. The van der Waals surface area contributed by atoms with E-state index in [4.69, 9.17) is 0 Å². The molecule has 0 aromatic rings. The first kappa shape index (κ1) is 29.6. The van der Waals surface area contributed by atoms with Crippen LogP contribution in [0.5, 0.6) is 0 Å². The third-order valence-electron chi connectivity index (χ3n) is 0.346. The molecule has 0 saturated heterocycles. The molecule has 0 saturated carbocycles. The van der Waals surface area contributed by atoms with Crippen molar-refractivity contribution in [3.05, 3.63) is 0 Å². The minimum Gasteiger partial charge on any atom is -0.810 e. The molecule has 0 rings (SSSR count). The van der Waals surface area contributed by atoms with Gasteiger partial charge in [0.15, 0.2) is 0 Å². The molecule has 0 unspecified atom stereocenters. The van der Waals surface area contributed by atoms with Crippen LogP contribution in [0.4, 0.5) is 0 Å². The van der Waals surface area contributed by atoms with Crippen LogP contribution in [0.1, 0.15) is 0 Å². The van der Waals surface area contributed by atoms with E-state index in [1.54, 1.807) is 0 Å². The molecule has 0 amide bonds.